The van der Waals surface area contributed by atoms with Crippen LogP contribution in [-0.4, -0.2) is 24.3 Å². The molecule has 0 heterocycles. The maximum atomic E-state index is 11.8. The van der Waals surface area contributed by atoms with Gasteiger partial charge in [0, 0.05) is 5.02 Å². The van der Waals surface area contributed by atoms with Gasteiger partial charge >= 0.3 is 6.09 Å². The molecule has 30 heavy (non-hydrogen) atoms. The summed E-state index contributed by atoms with van der Waals surface area (Å²) in [6, 6.07) is 16.2. The lowest BCUT2D eigenvalue weighted by atomic mass is 9.92. The standard InChI is InChI=1S/C21H18ClN5O3/c1-3-30-21(29)25-20(28)19(12-24)27-26-15-8-9-16(18(22)10-15)17(11-23)14-6-4-13(2)5-7-14/h4-10,17,26H,3H2,1-2H3,(H,25,28,29). The molecule has 0 aliphatic rings. The molecule has 0 saturated carbocycles. The first-order chi connectivity index (χ1) is 14.4. The van der Waals surface area contributed by atoms with Gasteiger partial charge in [0.25, 0.3) is 5.91 Å². The van der Waals surface area contributed by atoms with Gasteiger partial charge in [0.15, 0.2) is 0 Å². The highest BCUT2D eigenvalue weighted by molar-refractivity contribution is 6.46. The summed E-state index contributed by atoms with van der Waals surface area (Å²) in [7, 11) is 0. The second kappa shape index (κ2) is 10.6. The summed E-state index contributed by atoms with van der Waals surface area (Å²) in [5.74, 6) is -1.56. The number of halogens is 1. The molecule has 2 aromatic rings. The number of carbonyl (C=O) groups is 2. The van der Waals surface area contributed by atoms with E-state index in [1.807, 2.05) is 36.5 Å². The largest absolute Gasteiger partial charge is 0.450 e. The fourth-order valence-electron chi connectivity index (χ4n) is 2.48. The van der Waals surface area contributed by atoms with E-state index in [1.54, 1.807) is 25.1 Å². The van der Waals surface area contributed by atoms with Crippen molar-refractivity contribution < 1.29 is 14.3 Å². The van der Waals surface area contributed by atoms with Crippen molar-refractivity contribution >= 4 is 35.0 Å². The molecular weight excluding hydrogens is 406 g/mol. The van der Waals surface area contributed by atoms with Gasteiger partial charge in [-0.15, -0.1) is 0 Å². The monoisotopic (exact) mass is 423 g/mol. The van der Waals surface area contributed by atoms with Crippen molar-refractivity contribution in [2.45, 2.75) is 19.8 Å². The quantitative estimate of drug-likeness (QED) is 0.536. The zero-order chi connectivity index (χ0) is 22.1. The third-order valence-electron chi connectivity index (χ3n) is 3.96. The van der Waals surface area contributed by atoms with Crippen LogP contribution in [0.5, 0.6) is 0 Å². The number of hydrazone groups is 1. The van der Waals surface area contributed by atoms with E-state index in [0.29, 0.717) is 16.3 Å². The Morgan fingerprint density at radius 3 is 2.47 bits per heavy atom. The van der Waals surface area contributed by atoms with E-state index in [4.69, 9.17) is 16.9 Å². The van der Waals surface area contributed by atoms with E-state index < -0.39 is 23.6 Å². The van der Waals surface area contributed by atoms with Crippen LogP contribution in [0.4, 0.5) is 10.5 Å². The van der Waals surface area contributed by atoms with Crippen molar-refractivity contribution in [3.8, 4) is 12.1 Å². The van der Waals surface area contributed by atoms with Crippen LogP contribution in [0, 0.1) is 29.6 Å². The Labute approximate surface area is 178 Å². The molecule has 0 aliphatic heterocycles. The zero-order valence-corrected chi connectivity index (χ0v) is 17.0. The first kappa shape index (κ1) is 22.4. The number of anilines is 1. The first-order valence-electron chi connectivity index (χ1n) is 8.87. The van der Waals surface area contributed by atoms with Gasteiger partial charge in [-0.3, -0.25) is 15.5 Å². The lowest BCUT2D eigenvalue weighted by molar-refractivity contribution is -0.114. The van der Waals surface area contributed by atoms with Gasteiger partial charge in [0.2, 0.25) is 5.71 Å². The molecule has 0 fully saturated rings. The third kappa shape index (κ3) is 5.81. The summed E-state index contributed by atoms with van der Waals surface area (Å²) in [4.78, 5) is 23.1. The molecule has 0 bridgehead atoms. The molecule has 2 N–H and O–H groups in total. The molecular formula is C21H18ClN5O3. The van der Waals surface area contributed by atoms with E-state index in [2.05, 4.69) is 21.3 Å². The van der Waals surface area contributed by atoms with Gasteiger partial charge in [-0.2, -0.15) is 15.6 Å². The molecule has 2 amide bonds. The average Bonchev–Trinajstić information content (AvgIpc) is 2.71. The fourth-order valence-corrected chi connectivity index (χ4v) is 2.77. The second-order valence-electron chi connectivity index (χ2n) is 6.07. The number of hydrogen-bond donors (Lipinski definition) is 2. The lowest BCUT2D eigenvalue weighted by Crippen LogP contribution is -2.36. The van der Waals surface area contributed by atoms with Crippen molar-refractivity contribution in [1.82, 2.24) is 5.32 Å². The summed E-state index contributed by atoms with van der Waals surface area (Å²) in [6.45, 7) is 3.61. The van der Waals surface area contributed by atoms with Gasteiger partial charge in [0.1, 0.15) is 6.07 Å². The normalized spacial score (nSPS) is 11.6. The number of ether oxygens (including phenoxy) is 1. The van der Waals surface area contributed by atoms with Crippen molar-refractivity contribution in [2.24, 2.45) is 5.10 Å². The highest BCUT2D eigenvalue weighted by Crippen LogP contribution is 2.32. The number of hydrogen-bond acceptors (Lipinski definition) is 7. The average molecular weight is 424 g/mol. The van der Waals surface area contributed by atoms with Crippen molar-refractivity contribution in [2.75, 3.05) is 12.0 Å². The van der Waals surface area contributed by atoms with Gasteiger partial charge in [0.05, 0.1) is 24.3 Å². The highest BCUT2D eigenvalue weighted by atomic mass is 35.5. The molecule has 0 spiro atoms. The Morgan fingerprint density at radius 1 is 1.20 bits per heavy atom. The van der Waals surface area contributed by atoms with E-state index in [1.165, 1.54) is 6.07 Å². The minimum Gasteiger partial charge on any atom is -0.450 e. The van der Waals surface area contributed by atoms with Crippen LogP contribution in [-0.2, 0) is 9.53 Å². The van der Waals surface area contributed by atoms with E-state index in [9.17, 15) is 14.9 Å². The summed E-state index contributed by atoms with van der Waals surface area (Å²) in [6.07, 6.45) is -0.975. The number of aryl methyl sites for hydroxylation is 1. The molecule has 1 atom stereocenters. The van der Waals surface area contributed by atoms with Crippen molar-refractivity contribution in [3.63, 3.8) is 0 Å². The minimum absolute atomic E-state index is 0.0769. The van der Waals surface area contributed by atoms with Crippen LogP contribution < -0.4 is 10.7 Å². The van der Waals surface area contributed by atoms with E-state index in [0.717, 1.165) is 11.1 Å². The van der Waals surface area contributed by atoms with Crippen LogP contribution in [0.2, 0.25) is 5.02 Å². The molecule has 1 unspecified atom stereocenters. The predicted molar refractivity (Wildman–Crippen MR) is 112 cm³/mol. The molecule has 0 aromatic heterocycles. The summed E-state index contributed by atoms with van der Waals surface area (Å²) in [5, 5.41) is 24.6. The highest BCUT2D eigenvalue weighted by Gasteiger charge is 2.18. The van der Waals surface area contributed by atoms with E-state index in [-0.39, 0.29) is 6.61 Å². The van der Waals surface area contributed by atoms with Crippen LogP contribution in [0.15, 0.2) is 47.6 Å². The third-order valence-corrected chi connectivity index (χ3v) is 4.29. The number of nitrogens with one attached hydrogen (secondary N) is 2. The molecule has 0 aliphatic carbocycles. The summed E-state index contributed by atoms with van der Waals surface area (Å²) < 4.78 is 4.58. The zero-order valence-electron chi connectivity index (χ0n) is 16.3. The second-order valence-corrected chi connectivity index (χ2v) is 6.47. The summed E-state index contributed by atoms with van der Waals surface area (Å²) >= 11 is 6.35. The van der Waals surface area contributed by atoms with Crippen molar-refractivity contribution in [1.29, 1.82) is 10.5 Å². The minimum atomic E-state index is -1.00. The number of carbonyl (C=O) groups excluding carboxylic acids is 2. The van der Waals surface area contributed by atoms with Crippen LogP contribution >= 0.6 is 11.6 Å². The Balaban J connectivity index is 2.18. The van der Waals surface area contributed by atoms with Gasteiger partial charge < -0.3 is 4.74 Å². The Morgan fingerprint density at radius 2 is 1.90 bits per heavy atom. The smallest absolute Gasteiger partial charge is 0.414 e. The fraction of sp³-hybridized carbons (Fsp3) is 0.190. The number of rotatable bonds is 6. The van der Waals surface area contributed by atoms with Crippen LogP contribution in [0.25, 0.3) is 0 Å². The topological polar surface area (TPSA) is 127 Å². The summed E-state index contributed by atoms with van der Waals surface area (Å²) in [5.41, 5.74) is 4.86. The number of nitriles is 2. The molecule has 2 aromatic carbocycles. The maximum Gasteiger partial charge on any atom is 0.414 e. The molecule has 152 valence electrons. The lowest BCUT2D eigenvalue weighted by Gasteiger charge is -2.13. The van der Waals surface area contributed by atoms with Crippen LogP contribution in [0.3, 0.4) is 0 Å². The number of alkyl carbamates (subject to hydrolysis) is 1. The molecule has 0 saturated heterocycles. The number of amides is 2. The first-order valence-corrected chi connectivity index (χ1v) is 9.24. The number of nitrogens with zero attached hydrogens (tertiary/aromatic N) is 3. The Kier molecular flexibility index (Phi) is 7.92. The SMILES string of the molecule is CCOC(=O)NC(=O)C(C#N)=NNc1ccc(C(C#N)c2ccc(C)cc2)c(Cl)c1. The maximum absolute atomic E-state index is 11.8. The van der Waals surface area contributed by atoms with Crippen LogP contribution in [0.1, 0.15) is 29.5 Å². The van der Waals surface area contributed by atoms with Crippen molar-refractivity contribution in [3.05, 3.63) is 64.2 Å². The number of benzene rings is 2. The molecule has 8 nitrogen and oxygen atoms in total. The van der Waals surface area contributed by atoms with Gasteiger partial charge in [-0.1, -0.05) is 47.5 Å². The Hall–Kier alpha value is -3.88. The molecule has 0 radical (unpaired) electrons. The van der Waals surface area contributed by atoms with E-state index >= 15 is 0 Å². The predicted octanol–water partition coefficient (Wildman–Crippen LogP) is 3.87. The number of imide groups is 1. The van der Waals surface area contributed by atoms with Gasteiger partial charge in [-0.25, -0.2) is 4.79 Å². The van der Waals surface area contributed by atoms with Gasteiger partial charge in [-0.05, 0) is 37.1 Å². The molecule has 2 rings (SSSR count). The molecule has 9 heteroatoms. The Bertz CT molecular complexity index is 1050.